The molecule has 0 aliphatic heterocycles. The normalized spacial score (nSPS) is 12.6. The molecular weight excluding hydrogens is 715 g/mol. The van der Waals surface area contributed by atoms with Gasteiger partial charge >= 0.3 is 0 Å². The number of benzene rings is 1. The number of rotatable bonds is 8. The molecule has 229 valence electrons. The molecule has 0 fully saturated rings. The van der Waals surface area contributed by atoms with Gasteiger partial charge in [-0.15, -0.1) is 0 Å². The van der Waals surface area contributed by atoms with Crippen LogP contribution in [0.25, 0.3) is 44.3 Å². The number of aliphatic hydroxyl groups excluding tert-OH is 1. The second kappa shape index (κ2) is 13.1. The molecule has 5 heterocycles. The van der Waals surface area contributed by atoms with Gasteiger partial charge in [0.2, 0.25) is 0 Å². The van der Waals surface area contributed by atoms with Crippen molar-refractivity contribution in [1.29, 1.82) is 0 Å². The van der Waals surface area contributed by atoms with Gasteiger partial charge < -0.3 is 5.11 Å². The molecule has 0 saturated carbocycles. The molecule has 7 nitrogen and oxygen atoms in total. The average molecular weight is 758 g/mol. The number of allylic oxidation sites excluding steroid dienone is 2. The molecule has 1 N–H and O–H groups in total. The molecule has 0 amide bonds. The molecule has 43 heavy (non-hydrogen) atoms. The van der Waals surface area contributed by atoms with Crippen molar-refractivity contribution in [2.24, 2.45) is 17.3 Å². The average Bonchev–Trinajstić information content (AvgIpc) is 3.53. The predicted octanol–water partition coefficient (Wildman–Crippen LogP) is 8.73. The van der Waals surface area contributed by atoms with Crippen LogP contribution in [0, 0.1) is 17.3 Å². The van der Waals surface area contributed by atoms with Crippen LogP contribution in [0.5, 0.6) is 0 Å². The summed E-state index contributed by atoms with van der Waals surface area (Å²) in [5.41, 5.74) is 7.61. The summed E-state index contributed by atoms with van der Waals surface area (Å²) >= 11 is 0. The number of aliphatic hydroxyl groups is 1. The number of nitrogens with zero attached hydrogens (tertiary/aromatic N) is 5. The second-order valence-electron chi connectivity index (χ2n) is 12.6. The first kappa shape index (κ1) is 32.6. The zero-order valence-corrected chi connectivity index (χ0v) is 28.7. The fourth-order valence-corrected chi connectivity index (χ4v) is 6.16. The van der Waals surface area contributed by atoms with E-state index in [9.17, 15) is 9.90 Å². The van der Waals surface area contributed by atoms with Gasteiger partial charge in [-0.3, -0.25) is 18.6 Å². The van der Waals surface area contributed by atoms with E-state index in [1.54, 1.807) is 0 Å². The van der Waals surface area contributed by atoms with E-state index in [1.807, 2.05) is 52.4 Å². The van der Waals surface area contributed by atoms with Gasteiger partial charge in [0.05, 0.1) is 23.0 Å². The van der Waals surface area contributed by atoms with Crippen molar-refractivity contribution in [3.05, 3.63) is 66.3 Å². The van der Waals surface area contributed by atoms with Crippen molar-refractivity contribution in [2.45, 2.75) is 80.6 Å². The molecule has 6 rings (SSSR count). The minimum atomic E-state index is 0. The van der Waals surface area contributed by atoms with Gasteiger partial charge in [-0.05, 0) is 61.3 Å². The van der Waals surface area contributed by atoms with Gasteiger partial charge in [-0.25, -0.2) is 9.97 Å². The molecule has 5 aromatic heterocycles. The zero-order chi connectivity index (χ0) is 30.2. The molecule has 0 unspecified atom stereocenters. The Bertz CT molecular complexity index is 1890. The summed E-state index contributed by atoms with van der Waals surface area (Å²) < 4.78 is 4.40. The summed E-state index contributed by atoms with van der Waals surface area (Å²) in [4.78, 5) is 25.6. The Morgan fingerprint density at radius 2 is 1.56 bits per heavy atom. The van der Waals surface area contributed by atoms with E-state index in [0.717, 1.165) is 60.1 Å². The van der Waals surface area contributed by atoms with Crippen LogP contribution in [0.2, 0.25) is 0 Å². The van der Waals surface area contributed by atoms with Crippen molar-refractivity contribution in [3.63, 3.8) is 0 Å². The van der Waals surface area contributed by atoms with Crippen LogP contribution < -0.4 is 0 Å². The molecule has 8 heteroatoms. The number of imidazole rings is 1. The minimum absolute atomic E-state index is 0. The fourth-order valence-electron chi connectivity index (χ4n) is 6.16. The molecule has 1 aromatic carbocycles. The fraction of sp³-hybridized carbons (Fsp3) is 0.429. The Kier molecular flexibility index (Phi) is 9.93. The predicted molar refractivity (Wildman–Crippen MR) is 172 cm³/mol. The summed E-state index contributed by atoms with van der Waals surface area (Å²) in [6.45, 7) is 14.9. The summed E-state index contributed by atoms with van der Waals surface area (Å²) in [5.74, 6) is 0.547. The Hall–Kier alpha value is -3.35. The number of aromatic nitrogens is 5. The van der Waals surface area contributed by atoms with E-state index in [4.69, 9.17) is 0 Å². The first-order valence-electron chi connectivity index (χ1n) is 15.3. The Labute approximate surface area is 267 Å². The smallest absolute Gasteiger partial charge is 0.168 e. The van der Waals surface area contributed by atoms with Crippen molar-refractivity contribution in [1.82, 2.24) is 23.8 Å². The molecule has 0 spiro atoms. The van der Waals surface area contributed by atoms with E-state index in [2.05, 4.69) is 68.8 Å². The monoisotopic (exact) mass is 758 g/mol. The van der Waals surface area contributed by atoms with Gasteiger partial charge in [-0.1, -0.05) is 60.6 Å². The number of carbonyl (C=O) groups excluding carboxylic acids is 1. The van der Waals surface area contributed by atoms with E-state index in [1.165, 1.54) is 27.9 Å². The summed E-state index contributed by atoms with van der Waals surface area (Å²) in [6, 6.07) is 10.9. The number of hydrogen-bond acceptors (Lipinski definition) is 5. The molecule has 0 aliphatic carbocycles. The SMILES string of the molecule is CC(C)(C)Cc1ccc2c3ccnc4c5nccc6ncc(n65)n(c2c1)c34.CCC(CC)C(=O)/C=C(\O)C(CC)CC.[Ir]. The second-order valence-corrected chi connectivity index (χ2v) is 12.6. The number of hydrogen-bond donors (Lipinski definition) is 1. The molecular formula is C35H43IrN5O2. The topological polar surface area (TPSA) is 84.8 Å². The van der Waals surface area contributed by atoms with Crippen molar-refractivity contribution >= 4 is 50.0 Å². The molecule has 0 aliphatic rings. The number of fused-ring (bicyclic) bond motifs is 5. The van der Waals surface area contributed by atoms with Crippen LogP contribution in [0.1, 0.15) is 79.7 Å². The number of ketones is 1. The maximum absolute atomic E-state index is 11.7. The quantitative estimate of drug-likeness (QED) is 0.0955. The van der Waals surface area contributed by atoms with Gasteiger partial charge in [0.15, 0.2) is 11.4 Å². The van der Waals surface area contributed by atoms with Crippen LogP contribution in [0.15, 0.2) is 60.8 Å². The third-order valence-corrected chi connectivity index (χ3v) is 8.40. The Morgan fingerprint density at radius 3 is 2.21 bits per heavy atom. The molecule has 6 aromatic rings. The third-order valence-electron chi connectivity index (χ3n) is 8.40. The summed E-state index contributed by atoms with van der Waals surface area (Å²) in [6.07, 6.45) is 11.6. The van der Waals surface area contributed by atoms with Gasteiger partial charge in [0.25, 0.3) is 0 Å². The van der Waals surface area contributed by atoms with Crippen LogP contribution in [0.4, 0.5) is 0 Å². The van der Waals surface area contributed by atoms with Crippen molar-refractivity contribution in [2.75, 3.05) is 0 Å². The first-order chi connectivity index (χ1) is 20.1. The number of pyridine rings is 1. The Morgan fingerprint density at radius 1 is 0.884 bits per heavy atom. The van der Waals surface area contributed by atoms with Gasteiger partial charge in [0.1, 0.15) is 16.8 Å². The summed E-state index contributed by atoms with van der Waals surface area (Å²) in [5, 5.41) is 12.2. The van der Waals surface area contributed by atoms with E-state index < -0.39 is 0 Å². The Balaban J connectivity index is 0.000000230. The van der Waals surface area contributed by atoms with Crippen LogP contribution >= 0.6 is 0 Å². The van der Waals surface area contributed by atoms with Crippen LogP contribution in [-0.2, 0) is 31.3 Å². The van der Waals surface area contributed by atoms with Crippen molar-refractivity contribution in [3.8, 4) is 0 Å². The van der Waals surface area contributed by atoms with Crippen LogP contribution in [0.3, 0.4) is 0 Å². The molecule has 0 atom stereocenters. The van der Waals surface area contributed by atoms with Gasteiger partial charge in [0, 0.05) is 61.2 Å². The van der Waals surface area contributed by atoms with Crippen LogP contribution in [-0.4, -0.2) is 34.6 Å². The van der Waals surface area contributed by atoms with E-state index in [-0.39, 0.29) is 48.9 Å². The standard InChI is InChI=1S/C22H19N5.C13H24O2.Ir/c1-22(2,3)11-13-4-5-14-15-6-8-23-19-20(15)26(16(14)10-13)18-12-25-17-7-9-24-21(19)27(17)18;1-5-10(6-2)12(14)9-13(15)11(7-3)8-4;/h4-10,12H,11H2,1-3H3;9-11,14H,5-8H2,1-4H3;/b;12-9-;. The summed E-state index contributed by atoms with van der Waals surface area (Å²) in [7, 11) is 0. The maximum atomic E-state index is 11.7. The largest absolute Gasteiger partial charge is 0.512 e. The minimum Gasteiger partial charge on any atom is -0.512 e. The molecule has 1 radical (unpaired) electrons. The van der Waals surface area contributed by atoms with Crippen molar-refractivity contribution < 1.29 is 30.0 Å². The molecule has 0 bridgehead atoms. The van der Waals surface area contributed by atoms with E-state index >= 15 is 0 Å². The third kappa shape index (κ3) is 6.18. The van der Waals surface area contributed by atoms with Gasteiger partial charge in [-0.2, -0.15) is 0 Å². The maximum Gasteiger partial charge on any atom is 0.168 e. The first-order valence-corrected chi connectivity index (χ1v) is 15.3. The van der Waals surface area contributed by atoms with E-state index in [0.29, 0.717) is 0 Å². The molecule has 0 saturated heterocycles. The zero-order valence-electron chi connectivity index (χ0n) is 26.3. The number of carbonyl (C=O) groups is 1.